The quantitative estimate of drug-likeness (QED) is 0.455. The fourth-order valence-electron chi connectivity index (χ4n) is 1.41. The van der Waals surface area contributed by atoms with E-state index in [0.29, 0.717) is 11.8 Å². The van der Waals surface area contributed by atoms with E-state index in [1.807, 2.05) is 28.8 Å². The highest BCUT2D eigenvalue weighted by molar-refractivity contribution is 7.99. The van der Waals surface area contributed by atoms with E-state index < -0.39 is 0 Å². The molecule has 5 nitrogen and oxygen atoms in total. The molecule has 0 radical (unpaired) electrons. The lowest BCUT2D eigenvalue weighted by atomic mass is 10.4. The van der Waals surface area contributed by atoms with Crippen LogP contribution in [0.5, 0.6) is 0 Å². The Kier molecular flexibility index (Phi) is 4.58. The predicted molar refractivity (Wildman–Crippen MR) is 69.6 cm³/mol. The summed E-state index contributed by atoms with van der Waals surface area (Å²) in [7, 11) is 0. The van der Waals surface area contributed by atoms with Gasteiger partial charge in [-0.2, -0.15) is 0 Å². The first-order chi connectivity index (χ1) is 8.81. The van der Waals surface area contributed by atoms with Gasteiger partial charge in [0.2, 0.25) is 0 Å². The number of thioether (sulfide) groups is 1. The van der Waals surface area contributed by atoms with Crippen molar-refractivity contribution in [3.63, 3.8) is 0 Å². The van der Waals surface area contributed by atoms with E-state index in [1.165, 1.54) is 11.8 Å². The highest BCUT2D eigenvalue weighted by atomic mass is 32.2. The van der Waals surface area contributed by atoms with Crippen LogP contribution in [0.3, 0.4) is 0 Å². The minimum absolute atomic E-state index is 0.207. The lowest BCUT2D eigenvalue weighted by Crippen LogP contribution is -2.08. The number of hydrogen-bond donors (Lipinski definition) is 0. The molecule has 2 aromatic heterocycles. The standard InChI is InChI=1S/C12H15N3O2S/c1-2-3-8-17-11(16)9-18-12-14-13-10-6-4-5-7-15(10)12/h4-7H,2-3,8-9H2,1H3. The van der Waals surface area contributed by atoms with Crippen LogP contribution in [0.2, 0.25) is 0 Å². The molecule has 0 fully saturated rings. The third kappa shape index (κ3) is 3.22. The average Bonchev–Trinajstić information content (AvgIpc) is 2.80. The van der Waals surface area contributed by atoms with Crippen molar-refractivity contribution >= 4 is 23.4 Å². The number of unbranched alkanes of at least 4 members (excludes halogenated alkanes) is 1. The molecular weight excluding hydrogens is 250 g/mol. The summed E-state index contributed by atoms with van der Waals surface area (Å²) >= 11 is 1.34. The van der Waals surface area contributed by atoms with E-state index >= 15 is 0 Å². The number of carbonyl (C=O) groups is 1. The van der Waals surface area contributed by atoms with Gasteiger partial charge in [0.05, 0.1) is 12.4 Å². The van der Waals surface area contributed by atoms with Crippen molar-refractivity contribution in [2.45, 2.75) is 24.9 Å². The van der Waals surface area contributed by atoms with Crippen LogP contribution in [0.25, 0.3) is 5.65 Å². The second kappa shape index (κ2) is 6.39. The van der Waals surface area contributed by atoms with Gasteiger partial charge < -0.3 is 4.74 Å². The van der Waals surface area contributed by atoms with E-state index in [1.54, 1.807) is 0 Å². The van der Waals surface area contributed by atoms with Crippen LogP contribution in [0.1, 0.15) is 19.8 Å². The second-order valence-corrected chi connectivity index (χ2v) is 4.72. The number of rotatable bonds is 6. The summed E-state index contributed by atoms with van der Waals surface area (Å²) in [4.78, 5) is 11.4. The summed E-state index contributed by atoms with van der Waals surface area (Å²) in [6.45, 7) is 2.56. The van der Waals surface area contributed by atoms with Crippen molar-refractivity contribution in [2.24, 2.45) is 0 Å². The summed E-state index contributed by atoms with van der Waals surface area (Å²) < 4.78 is 6.93. The van der Waals surface area contributed by atoms with Gasteiger partial charge in [-0.15, -0.1) is 10.2 Å². The molecule has 0 unspecified atom stereocenters. The Bertz CT molecular complexity index is 527. The molecule has 0 saturated carbocycles. The van der Waals surface area contributed by atoms with Crippen molar-refractivity contribution in [3.05, 3.63) is 24.4 Å². The van der Waals surface area contributed by atoms with Gasteiger partial charge in [-0.3, -0.25) is 9.20 Å². The molecule has 0 atom stereocenters. The van der Waals surface area contributed by atoms with Crippen LogP contribution < -0.4 is 0 Å². The first kappa shape index (κ1) is 12.9. The minimum atomic E-state index is -0.207. The number of ether oxygens (including phenoxy) is 1. The maximum Gasteiger partial charge on any atom is 0.316 e. The Morgan fingerprint density at radius 2 is 2.33 bits per heavy atom. The molecular formula is C12H15N3O2S. The largest absolute Gasteiger partial charge is 0.465 e. The van der Waals surface area contributed by atoms with Gasteiger partial charge in [-0.25, -0.2) is 0 Å². The number of fused-ring (bicyclic) bond motifs is 1. The molecule has 0 aromatic carbocycles. The van der Waals surface area contributed by atoms with Gasteiger partial charge in [0.1, 0.15) is 0 Å². The van der Waals surface area contributed by atoms with Crippen molar-refractivity contribution in [1.82, 2.24) is 14.6 Å². The number of pyridine rings is 1. The zero-order valence-electron chi connectivity index (χ0n) is 10.2. The SMILES string of the molecule is CCCCOC(=O)CSc1nnc2ccccn12. The predicted octanol–water partition coefficient (Wildman–Crippen LogP) is 2.16. The zero-order valence-corrected chi connectivity index (χ0v) is 11.0. The summed E-state index contributed by atoms with van der Waals surface area (Å²) in [6, 6.07) is 5.67. The highest BCUT2D eigenvalue weighted by Crippen LogP contribution is 2.16. The van der Waals surface area contributed by atoms with E-state index in [9.17, 15) is 4.79 Å². The molecule has 0 bridgehead atoms. The van der Waals surface area contributed by atoms with Gasteiger partial charge in [0, 0.05) is 6.20 Å². The van der Waals surface area contributed by atoms with Crippen LogP contribution in [0.4, 0.5) is 0 Å². The van der Waals surface area contributed by atoms with Crippen LogP contribution in [-0.4, -0.2) is 32.9 Å². The fourth-order valence-corrected chi connectivity index (χ4v) is 2.14. The lowest BCUT2D eigenvalue weighted by molar-refractivity contribution is -0.140. The summed E-state index contributed by atoms with van der Waals surface area (Å²) in [5, 5.41) is 8.75. The smallest absolute Gasteiger partial charge is 0.316 e. The zero-order chi connectivity index (χ0) is 12.8. The third-order valence-corrected chi connectivity index (χ3v) is 3.28. The van der Waals surface area contributed by atoms with Crippen LogP contribution in [-0.2, 0) is 9.53 Å². The van der Waals surface area contributed by atoms with E-state index in [0.717, 1.165) is 18.5 Å². The molecule has 0 aliphatic rings. The Balaban J connectivity index is 1.88. The first-order valence-corrected chi connectivity index (χ1v) is 6.88. The summed E-state index contributed by atoms with van der Waals surface area (Å²) in [5.74, 6) is 0.0560. The van der Waals surface area contributed by atoms with Crippen molar-refractivity contribution < 1.29 is 9.53 Å². The Hall–Kier alpha value is -1.56. The normalized spacial score (nSPS) is 10.7. The number of nitrogens with zero attached hydrogens (tertiary/aromatic N) is 3. The molecule has 2 rings (SSSR count). The molecule has 0 spiro atoms. The Morgan fingerprint density at radius 3 is 3.17 bits per heavy atom. The molecule has 96 valence electrons. The molecule has 18 heavy (non-hydrogen) atoms. The van der Waals surface area contributed by atoms with Gasteiger partial charge in [0.25, 0.3) is 0 Å². The molecule has 0 aliphatic heterocycles. The van der Waals surface area contributed by atoms with Gasteiger partial charge in [-0.05, 0) is 18.6 Å². The third-order valence-electron chi connectivity index (χ3n) is 2.36. The van der Waals surface area contributed by atoms with Gasteiger partial charge in [0.15, 0.2) is 10.8 Å². The average molecular weight is 265 g/mol. The van der Waals surface area contributed by atoms with Crippen molar-refractivity contribution in [3.8, 4) is 0 Å². The van der Waals surface area contributed by atoms with Gasteiger partial charge >= 0.3 is 5.97 Å². The molecule has 0 aliphatic carbocycles. The monoisotopic (exact) mass is 265 g/mol. The molecule has 2 aromatic rings. The summed E-state index contributed by atoms with van der Waals surface area (Å²) in [6.07, 6.45) is 3.81. The second-order valence-electron chi connectivity index (χ2n) is 3.77. The number of aromatic nitrogens is 3. The summed E-state index contributed by atoms with van der Waals surface area (Å²) in [5.41, 5.74) is 0.777. The maximum absolute atomic E-state index is 11.4. The van der Waals surface area contributed by atoms with E-state index in [2.05, 4.69) is 17.1 Å². The molecule has 2 heterocycles. The molecule has 6 heteroatoms. The Morgan fingerprint density at radius 1 is 1.44 bits per heavy atom. The van der Waals surface area contributed by atoms with Crippen LogP contribution in [0.15, 0.2) is 29.6 Å². The van der Waals surface area contributed by atoms with E-state index in [4.69, 9.17) is 4.74 Å². The van der Waals surface area contributed by atoms with Crippen molar-refractivity contribution in [1.29, 1.82) is 0 Å². The van der Waals surface area contributed by atoms with Crippen LogP contribution in [0, 0.1) is 0 Å². The topological polar surface area (TPSA) is 56.5 Å². The number of esters is 1. The molecule has 0 saturated heterocycles. The van der Waals surface area contributed by atoms with E-state index in [-0.39, 0.29) is 11.7 Å². The van der Waals surface area contributed by atoms with Gasteiger partial charge in [-0.1, -0.05) is 31.2 Å². The minimum Gasteiger partial charge on any atom is -0.465 e. The first-order valence-electron chi connectivity index (χ1n) is 5.89. The van der Waals surface area contributed by atoms with Crippen LogP contribution >= 0.6 is 11.8 Å². The highest BCUT2D eigenvalue weighted by Gasteiger charge is 2.09. The molecule has 0 amide bonds. The Labute approximate surface area is 110 Å². The lowest BCUT2D eigenvalue weighted by Gasteiger charge is -2.02. The number of carbonyl (C=O) groups excluding carboxylic acids is 1. The number of hydrogen-bond acceptors (Lipinski definition) is 5. The fraction of sp³-hybridized carbons (Fsp3) is 0.417. The molecule has 0 N–H and O–H groups in total. The van der Waals surface area contributed by atoms with Crippen molar-refractivity contribution in [2.75, 3.05) is 12.4 Å². The maximum atomic E-state index is 11.4.